The van der Waals surface area contributed by atoms with Crippen LogP contribution in [0.3, 0.4) is 0 Å². The minimum absolute atomic E-state index is 0.724. The lowest BCUT2D eigenvalue weighted by atomic mass is 10.1. The van der Waals surface area contributed by atoms with Crippen molar-refractivity contribution in [1.29, 1.82) is 0 Å². The van der Waals surface area contributed by atoms with Crippen LogP contribution in [0.2, 0.25) is 0 Å². The van der Waals surface area contributed by atoms with E-state index in [2.05, 4.69) is 40.2 Å². The van der Waals surface area contributed by atoms with Crippen molar-refractivity contribution in [2.75, 3.05) is 0 Å². The lowest BCUT2D eigenvalue weighted by Crippen LogP contribution is -1.97. The summed E-state index contributed by atoms with van der Waals surface area (Å²) in [6, 6.07) is 20.3. The van der Waals surface area contributed by atoms with E-state index in [0.717, 1.165) is 38.4 Å². The van der Waals surface area contributed by atoms with Gasteiger partial charge in [0.2, 0.25) is 0 Å². The quantitative estimate of drug-likeness (QED) is 0.406. The maximum absolute atomic E-state index is 4.81. The minimum atomic E-state index is 0.724. The van der Waals surface area contributed by atoms with E-state index in [4.69, 9.17) is 9.97 Å². The maximum Gasteiger partial charge on any atom is 0.160 e. The average Bonchev–Trinajstić information content (AvgIpc) is 2.74. The first-order valence-corrected chi connectivity index (χ1v) is 10.0. The number of rotatable bonds is 4. The van der Waals surface area contributed by atoms with Gasteiger partial charge < -0.3 is 0 Å². The van der Waals surface area contributed by atoms with E-state index in [1.807, 2.05) is 82.3 Å². The van der Waals surface area contributed by atoms with Crippen molar-refractivity contribution < 1.29 is 0 Å². The fourth-order valence-corrected chi connectivity index (χ4v) is 3.02. The van der Waals surface area contributed by atoms with Gasteiger partial charge in [0.05, 0.1) is 11.4 Å². The second-order valence-corrected chi connectivity index (χ2v) is 6.50. The molecule has 0 atom stereocenters. The number of aromatic nitrogens is 2. The van der Waals surface area contributed by atoms with E-state index in [1.165, 1.54) is 0 Å². The van der Waals surface area contributed by atoms with Crippen LogP contribution in [0.5, 0.6) is 0 Å². The lowest BCUT2D eigenvalue weighted by Gasteiger charge is -2.10. The highest BCUT2D eigenvalue weighted by atomic mass is 79.9. The third kappa shape index (κ3) is 5.48. The first-order chi connectivity index (χ1) is 13.2. The lowest BCUT2D eigenvalue weighted by molar-refractivity contribution is 1.15. The zero-order chi connectivity index (χ0) is 19.6. The molecular formula is C24H25BrN2. The molecule has 3 rings (SSSR count). The summed E-state index contributed by atoms with van der Waals surface area (Å²) in [7, 11) is 0. The molecule has 3 heteroatoms. The van der Waals surface area contributed by atoms with Gasteiger partial charge in [-0.15, -0.1) is 0 Å². The Morgan fingerprint density at radius 1 is 0.852 bits per heavy atom. The molecule has 0 aliphatic heterocycles. The third-order valence-electron chi connectivity index (χ3n) is 3.83. The molecule has 0 aliphatic rings. The first kappa shape index (κ1) is 20.8. The molecule has 0 amide bonds. The van der Waals surface area contributed by atoms with E-state index in [0.29, 0.717) is 0 Å². The van der Waals surface area contributed by atoms with Gasteiger partial charge in [-0.2, -0.15) is 0 Å². The van der Waals surface area contributed by atoms with Gasteiger partial charge in [-0.3, -0.25) is 0 Å². The molecular weight excluding hydrogens is 396 g/mol. The zero-order valence-corrected chi connectivity index (χ0v) is 17.9. The van der Waals surface area contributed by atoms with Gasteiger partial charge in [0.1, 0.15) is 0 Å². The van der Waals surface area contributed by atoms with Crippen LogP contribution >= 0.6 is 15.9 Å². The summed E-state index contributed by atoms with van der Waals surface area (Å²) in [4.78, 5) is 9.62. The molecule has 2 nitrogen and oxygen atoms in total. The highest BCUT2D eigenvalue weighted by Gasteiger charge is 2.10. The molecule has 0 N–H and O–H groups in total. The summed E-state index contributed by atoms with van der Waals surface area (Å²) < 4.78 is 1.01. The molecule has 0 fully saturated rings. The monoisotopic (exact) mass is 420 g/mol. The molecule has 0 aliphatic carbocycles. The Morgan fingerprint density at radius 3 is 2.19 bits per heavy atom. The number of nitrogens with zero attached hydrogens (tertiary/aromatic N) is 2. The van der Waals surface area contributed by atoms with Crippen molar-refractivity contribution >= 4 is 21.5 Å². The van der Waals surface area contributed by atoms with Crippen LogP contribution in [0.4, 0.5) is 0 Å². The largest absolute Gasteiger partial charge is 0.228 e. The van der Waals surface area contributed by atoms with Gasteiger partial charge in [0.15, 0.2) is 5.82 Å². The van der Waals surface area contributed by atoms with Crippen LogP contribution < -0.4 is 0 Å². The first-order valence-electron chi connectivity index (χ1n) is 9.21. The molecule has 138 valence electrons. The Labute approximate surface area is 170 Å². The summed E-state index contributed by atoms with van der Waals surface area (Å²) >= 11 is 3.53. The number of hydrogen-bond acceptors (Lipinski definition) is 2. The summed E-state index contributed by atoms with van der Waals surface area (Å²) in [5.41, 5.74) is 5.00. The summed E-state index contributed by atoms with van der Waals surface area (Å²) in [5, 5.41) is 0. The van der Waals surface area contributed by atoms with E-state index in [-0.39, 0.29) is 0 Å². The highest BCUT2D eigenvalue weighted by molar-refractivity contribution is 9.10. The number of benzene rings is 2. The Bertz CT molecular complexity index is 928. The molecule has 0 unspecified atom stereocenters. The van der Waals surface area contributed by atoms with Crippen molar-refractivity contribution in [3.05, 3.63) is 89.1 Å². The molecule has 0 spiro atoms. The maximum atomic E-state index is 4.81. The van der Waals surface area contributed by atoms with Crippen LogP contribution in [0.1, 0.15) is 33.4 Å². The molecule has 1 aromatic heterocycles. The Morgan fingerprint density at radius 2 is 1.56 bits per heavy atom. The topological polar surface area (TPSA) is 25.8 Å². The van der Waals surface area contributed by atoms with Gasteiger partial charge in [-0.25, -0.2) is 9.97 Å². The Balaban J connectivity index is 0.00000126. The standard InChI is InChI=1S/C22H19BrN2.C2H6/c1-3-9-16(4-2)20-15-21(17-10-6-5-7-11-17)25-22(24-20)18-12-8-13-19(23)14-18;1-2/h3-15H,1-2H3;1-2H3/b9-3-,16-4+;. The zero-order valence-electron chi connectivity index (χ0n) is 16.3. The fraction of sp³-hybridized carbons (Fsp3) is 0.167. The molecule has 0 saturated carbocycles. The van der Waals surface area contributed by atoms with Crippen molar-refractivity contribution in [2.45, 2.75) is 27.7 Å². The number of hydrogen-bond donors (Lipinski definition) is 0. The van der Waals surface area contributed by atoms with Crippen molar-refractivity contribution in [3.63, 3.8) is 0 Å². The van der Waals surface area contributed by atoms with Gasteiger partial charge in [0, 0.05) is 15.6 Å². The normalized spacial score (nSPS) is 11.2. The molecule has 0 bridgehead atoms. The van der Waals surface area contributed by atoms with E-state index in [1.54, 1.807) is 0 Å². The molecule has 0 saturated heterocycles. The fourth-order valence-electron chi connectivity index (χ4n) is 2.62. The molecule has 2 aromatic carbocycles. The van der Waals surface area contributed by atoms with E-state index >= 15 is 0 Å². The highest BCUT2D eigenvalue weighted by Crippen LogP contribution is 2.27. The average molecular weight is 421 g/mol. The molecule has 0 radical (unpaired) electrons. The second-order valence-electron chi connectivity index (χ2n) is 5.58. The predicted molar refractivity (Wildman–Crippen MR) is 120 cm³/mol. The molecule has 3 aromatic rings. The second kappa shape index (κ2) is 10.6. The van der Waals surface area contributed by atoms with Crippen LogP contribution in [0.15, 0.2) is 83.4 Å². The number of allylic oxidation sites excluding steroid dienone is 4. The van der Waals surface area contributed by atoms with E-state index < -0.39 is 0 Å². The van der Waals surface area contributed by atoms with Gasteiger partial charge in [0.25, 0.3) is 0 Å². The summed E-state index contributed by atoms with van der Waals surface area (Å²) in [5.74, 6) is 0.724. The van der Waals surface area contributed by atoms with Gasteiger partial charge in [-0.05, 0) is 37.6 Å². The SMILES string of the molecule is C/C=C\C(=C/C)c1cc(-c2ccccc2)nc(-c2cccc(Br)c2)n1.CC. The smallest absolute Gasteiger partial charge is 0.160 e. The summed E-state index contributed by atoms with van der Waals surface area (Å²) in [6.45, 7) is 8.04. The summed E-state index contributed by atoms with van der Waals surface area (Å²) in [6.07, 6.45) is 6.17. The van der Waals surface area contributed by atoms with E-state index in [9.17, 15) is 0 Å². The number of halogens is 1. The molecule has 1 heterocycles. The van der Waals surface area contributed by atoms with Crippen molar-refractivity contribution in [3.8, 4) is 22.6 Å². The van der Waals surface area contributed by atoms with Gasteiger partial charge in [-0.1, -0.05) is 90.5 Å². The Kier molecular flexibility index (Phi) is 8.15. The molecule has 27 heavy (non-hydrogen) atoms. The van der Waals surface area contributed by atoms with Crippen molar-refractivity contribution in [1.82, 2.24) is 9.97 Å². The van der Waals surface area contributed by atoms with Crippen LogP contribution in [0.25, 0.3) is 28.2 Å². The Hall–Kier alpha value is -2.52. The van der Waals surface area contributed by atoms with Crippen LogP contribution in [0, 0.1) is 0 Å². The van der Waals surface area contributed by atoms with Crippen LogP contribution in [-0.2, 0) is 0 Å². The minimum Gasteiger partial charge on any atom is -0.228 e. The third-order valence-corrected chi connectivity index (χ3v) is 4.32. The predicted octanol–water partition coefficient (Wildman–Crippen LogP) is 7.58. The van der Waals surface area contributed by atoms with Crippen LogP contribution in [-0.4, -0.2) is 9.97 Å². The van der Waals surface area contributed by atoms with Gasteiger partial charge >= 0.3 is 0 Å². The van der Waals surface area contributed by atoms with Crippen molar-refractivity contribution in [2.24, 2.45) is 0 Å².